The summed E-state index contributed by atoms with van der Waals surface area (Å²) in [4.78, 5) is 26.3. The van der Waals surface area contributed by atoms with Crippen LogP contribution >= 0.6 is 21.4 Å². The summed E-state index contributed by atoms with van der Waals surface area (Å²) in [6, 6.07) is 13.0. The number of hydrogen-bond donors (Lipinski definition) is 0. The molecule has 2 aromatic rings. The van der Waals surface area contributed by atoms with Crippen molar-refractivity contribution in [1.29, 1.82) is 0 Å². The number of nitrogens with zero attached hydrogens (tertiary/aromatic N) is 4. The minimum absolute atomic E-state index is 0.214. The van der Waals surface area contributed by atoms with E-state index < -0.39 is 42.9 Å². The number of carbonyl (C=O) groups is 2. The Morgan fingerprint density at radius 2 is 0.900 bits per heavy atom. The van der Waals surface area contributed by atoms with Crippen LogP contribution in [0.1, 0.15) is 23.5 Å². The Morgan fingerprint density at radius 3 is 1.17 bits per heavy atom. The Balaban J connectivity index is 1.97. The molecular weight excluding hydrogens is 479 g/mol. The van der Waals surface area contributed by atoms with Gasteiger partial charge in [0.25, 0.3) is 0 Å². The first-order chi connectivity index (χ1) is 14.0. The van der Waals surface area contributed by atoms with Crippen LogP contribution in [0.5, 0.6) is 0 Å². The van der Waals surface area contributed by atoms with Crippen LogP contribution in [0.15, 0.2) is 60.7 Å². The molecule has 4 amide bonds. The van der Waals surface area contributed by atoms with Crippen LogP contribution in [0.3, 0.4) is 0 Å². The van der Waals surface area contributed by atoms with E-state index >= 15 is 0 Å². The van der Waals surface area contributed by atoms with Gasteiger partial charge >= 0.3 is 30.5 Å². The highest BCUT2D eigenvalue weighted by atomic mass is 35.7. The number of benzene rings is 2. The molecule has 2 fully saturated rings. The predicted octanol–water partition coefficient (Wildman–Crippen LogP) is 2.74. The van der Waals surface area contributed by atoms with Crippen molar-refractivity contribution in [3.8, 4) is 0 Å². The van der Waals surface area contributed by atoms with Gasteiger partial charge in [-0.15, -0.1) is 0 Å². The Kier molecular flexibility index (Phi) is 4.84. The summed E-state index contributed by atoms with van der Waals surface area (Å²) in [5.74, 6) is 0. The van der Waals surface area contributed by atoms with Crippen molar-refractivity contribution < 1.29 is 26.4 Å². The van der Waals surface area contributed by atoms with Crippen LogP contribution < -0.4 is 0 Å². The first-order valence-corrected chi connectivity index (χ1v) is 12.8. The lowest BCUT2D eigenvalue weighted by Crippen LogP contribution is -2.42. The number of hydrazine groups is 1. The highest BCUT2D eigenvalue weighted by molar-refractivity contribution is 8.12. The summed E-state index contributed by atoms with van der Waals surface area (Å²) in [6.07, 6.45) is -3.08. The third-order valence-electron chi connectivity index (χ3n) is 4.57. The SMILES string of the molecule is O=C1N2[C@@H](c3ccccc3)N(S(=O)(=O)Cl)C(=O)N2[C@@H](c2ccccc2)N1S(=O)(=O)Cl. The maximum absolute atomic E-state index is 13.1. The molecule has 0 aliphatic carbocycles. The average molecular weight is 491 g/mol. The molecule has 0 unspecified atom stereocenters. The van der Waals surface area contributed by atoms with Gasteiger partial charge in [0.15, 0.2) is 12.3 Å². The van der Waals surface area contributed by atoms with Crippen LogP contribution in [0.2, 0.25) is 0 Å². The van der Waals surface area contributed by atoms with Gasteiger partial charge in [-0.1, -0.05) is 60.7 Å². The molecule has 158 valence electrons. The highest BCUT2D eigenvalue weighted by Crippen LogP contribution is 2.49. The average Bonchev–Trinajstić information content (AvgIpc) is 3.15. The van der Waals surface area contributed by atoms with Gasteiger partial charge < -0.3 is 0 Å². The molecule has 2 heterocycles. The summed E-state index contributed by atoms with van der Waals surface area (Å²) in [5.41, 5.74) is 0.429. The summed E-state index contributed by atoms with van der Waals surface area (Å²) in [6.45, 7) is 0. The molecule has 2 saturated heterocycles. The van der Waals surface area contributed by atoms with E-state index in [9.17, 15) is 26.4 Å². The smallest absolute Gasteiger partial charge is 0.245 e. The third kappa shape index (κ3) is 3.16. The topological polar surface area (TPSA) is 115 Å². The molecule has 0 aromatic heterocycles. The predicted molar refractivity (Wildman–Crippen MR) is 106 cm³/mol. The fourth-order valence-electron chi connectivity index (χ4n) is 3.47. The van der Waals surface area contributed by atoms with Crippen LogP contribution in [0.25, 0.3) is 0 Å². The van der Waals surface area contributed by atoms with E-state index in [1.807, 2.05) is 0 Å². The number of amides is 4. The Morgan fingerprint density at radius 1 is 0.600 bits per heavy atom. The second-order valence-electron chi connectivity index (χ2n) is 6.30. The number of urea groups is 2. The second kappa shape index (κ2) is 7.01. The summed E-state index contributed by atoms with van der Waals surface area (Å²) >= 11 is 0. The fraction of sp³-hybridized carbons (Fsp3) is 0.125. The van der Waals surface area contributed by atoms with E-state index in [2.05, 4.69) is 0 Å². The molecule has 2 aliphatic rings. The zero-order valence-corrected chi connectivity index (χ0v) is 17.9. The van der Waals surface area contributed by atoms with Gasteiger partial charge in [-0.25, -0.2) is 9.59 Å². The molecular formula is C16H12Cl2N4O6S2. The van der Waals surface area contributed by atoms with Crippen molar-refractivity contribution in [3.05, 3.63) is 71.8 Å². The monoisotopic (exact) mass is 490 g/mol. The van der Waals surface area contributed by atoms with Crippen molar-refractivity contribution in [3.63, 3.8) is 0 Å². The minimum atomic E-state index is -4.65. The van der Waals surface area contributed by atoms with E-state index in [1.54, 1.807) is 36.4 Å². The standard InChI is InChI=1S/C16H12Cl2N4O6S2/c17-29(25,26)21-13(11-7-3-1-4-8-11)19-15(23)22(30(18,27)28)14(20(19)16(21)24)12-9-5-2-6-10-12/h1-10,13-14H/t13-,14-/m1/s1. The van der Waals surface area contributed by atoms with Crippen LogP contribution in [0, 0.1) is 0 Å². The number of hydrogen-bond acceptors (Lipinski definition) is 6. The van der Waals surface area contributed by atoms with Gasteiger partial charge in [0.2, 0.25) is 0 Å². The van der Waals surface area contributed by atoms with Crippen molar-refractivity contribution in [1.82, 2.24) is 18.6 Å². The molecule has 2 aliphatic heterocycles. The number of fused-ring (bicyclic) bond motifs is 1. The zero-order valence-electron chi connectivity index (χ0n) is 14.7. The molecule has 0 spiro atoms. The van der Waals surface area contributed by atoms with Gasteiger partial charge in [0.05, 0.1) is 0 Å². The molecule has 4 rings (SSSR count). The van der Waals surface area contributed by atoms with E-state index in [0.29, 0.717) is 8.61 Å². The maximum Gasteiger partial charge on any atom is 0.358 e. The number of rotatable bonds is 4. The maximum atomic E-state index is 13.1. The third-order valence-corrected chi connectivity index (χ3v) is 7.12. The summed E-state index contributed by atoms with van der Waals surface area (Å²) in [5, 5.41) is 1.43. The molecule has 2 aromatic carbocycles. The Labute approximate surface area is 180 Å². The van der Waals surface area contributed by atoms with Crippen LogP contribution in [0.4, 0.5) is 9.59 Å². The molecule has 30 heavy (non-hydrogen) atoms. The van der Waals surface area contributed by atoms with Gasteiger partial charge in [-0.05, 0) is 11.1 Å². The van der Waals surface area contributed by atoms with E-state index in [4.69, 9.17) is 21.4 Å². The molecule has 0 N–H and O–H groups in total. The van der Waals surface area contributed by atoms with Gasteiger partial charge in [0, 0.05) is 21.4 Å². The van der Waals surface area contributed by atoms with Crippen LogP contribution in [-0.4, -0.2) is 47.5 Å². The summed E-state index contributed by atoms with van der Waals surface area (Å²) < 4.78 is 49.6. The lowest BCUT2D eigenvalue weighted by molar-refractivity contribution is 0.0602. The lowest BCUT2D eigenvalue weighted by Gasteiger charge is -2.25. The van der Waals surface area contributed by atoms with Gasteiger partial charge in [-0.3, -0.25) is 0 Å². The molecule has 0 saturated carbocycles. The minimum Gasteiger partial charge on any atom is -0.245 e. The number of carbonyl (C=O) groups excluding carboxylic acids is 2. The van der Waals surface area contributed by atoms with E-state index in [-0.39, 0.29) is 11.1 Å². The molecule has 0 bridgehead atoms. The van der Waals surface area contributed by atoms with Crippen molar-refractivity contribution >= 4 is 51.9 Å². The first-order valence-electron chi connectivity index (χ1n) is 8.27. The molecule has 0 radical (unpaired) electrons. The largest absolute Gasteiger partial charge is 0.358 e. The van der Waals surface area contributed by atoms with Crippen LogP contribution in [-0.2, 0) is 18.5 Å². The lowest BCUT2D eigenvalue weighted by atomic mass is 10.2. The molecule has 14 heteroatoms. The van der Waals surface area contributed by atoms with Crippen molar-refractivity contribution in [2.24, 2.45) is 0 Å². The quantitative estimate of drug-likeness (QED) is 0.608. The number of halogens is 2. The zero-order chi connectivity index (χ0) is 21.8. The van der Waals surface area contributed by atoms with Gasteiger partial charge in [0.1, 0.15) is 0 Å². The Bertz CT molecular complexity index is 1130. The van der Waals surface area contributed by atoms with Crippen molar-refractivity contribution in [2.75, 3.05) is 0 Å². The highest BCUT2D eigenvalue weighted by Gasteiger charge is 2.64. The van der Waals surface area contributed by atoms with E-state index in [1.165, 1.54) is 24.3 Å². The Hall–Kier alpha value is -2.54. The first kappa shape index (κ1) is 20.7. The second-order valence-corrected chi connectivity index (χ2v) is 11.1. The summed E-state index contributed by atoms with van der Waals surface area (Å²) in [7, 11) is 1.72. The normalized spacial score (nSPS) is 22.1. The van der Waals surface area contributed by atoms with E-state index in [0.717, 1.165) is 10.0 Å². The molecule has 10 nitrogen and oxygen atoms in total. The molecule has 2 atom stereocenters. The van der Waals surface area contributed by atoms with Crippen molar-refractivity contribution in [2.45, 2.75) is 12.3 Å². The fourth-order valence-corrected chi connectivity index (χ4v) is 5.71. The van der Waals surface area contributed by atoms with Gasteiger partial charge in [-0.2, -0.15) is 35.5 Å².